The predicted molar refractivity (Wildman–Crippen MR) is 76.4 cm³/mol. The minimum Gasteiger partial charge on any atom is -0.384 e. The summed E-state index contributed by atoms with van der Waals surface area (Å²) in [4.78, 5) is 16.0. The summed E-state index contributed by atoms with van der Waals surface area (Å²) in [6, 6.07) is 1.81. The maximum absolute atomic E-state index is 12.0. The lowest BCUT2D eigenvalue weighted by Crippen LogP contribution is -2.28. The molecule has 0 aromatic carbocycles. The second-order valence-electron chi connectivity index (χ2n) is 4.52. The topological polar surface area (TPSA) is 63.2 Å². The van der Waals surface area contributed by atoms with Gasteiger partial charge in [-0.3, -0.25) is 9.78 Å². The second-order valence-corrected chi connectivity index (χ2v) is 4.52. The summed E-state index contributed by atoms with van der Waals surface area (Å²) in [6.45, 7) is 7.86. The molecule has 5 heteroatoms. The Hall–Kier alpha value is -1.62. The van der Waals surface area contributed by atoms with Gasteiger partial charge in [-0.25, -0.2) is 0 Å². The number of nitrogens with zero attached hydrogens (tertiary/aromatic N) is 1. The molecular formula is C14H23N3O2. The highest BCUT2D eigenvalue weighted by atomic mass is 16.5. The zero-order chi connectivity index (χ0) is 14.1. The van der Waals surface area contributed by atoms with Gasteiger partial charge in [0.15, 0.2) is 0 Å². The largest absolute Gasteiger partial charge is 0.384 e. The first-order chi connectivity index (χ1) is 9.15. The highest BCUT2D eigenvalue weighted by Crippen LogP contribution is 2.13. The van der Waals surface area contributed by atoms with Gasteiger partial charge < -0.3 is 15.4 Å². The Morgan fingerprint density at radius 2 is 2.21 bits per heavy atom. The molecule has 2 N–H and O–H groups in total. The predicted octanol–water partition coefficient (Wildman–Crippen LogP) is 2.06. The Bertz CT molecular complexity index is 394. The van der Waals surface area contributed by atoms with Crippen LogP contribution in [0.5, 0.6) is 0 Å². The number of ether oxygens (including phenoxy) is 1. The fourth-order valence-electron chi connectivity index (χ4n) is 1.54. The van der Waals surface area contributed by atoms with Crippen LogP contribution in [0.3, 0.4) is 0 Å². The Labute approximate surface area is 114 Å². The number of hydrogen-bond donors (Lipinski definition) is 2. The van der Waals surface area contributed by atoms with E-state index >= 15 is 0 Å². The number of aromatic nitrogens is 1. The van der Waals surface area contributed by atoms with E-state index in [4.69, 9.17) is 4.74 Å². The van der Waals surface area contributed by atoms with Crippen LogP contribution in [0.4, 0.5) is 5.69 Å². The van der Waals surface area contributed by atoms with Gasteiger partial charge in [0.05, 0.1) is 24.0 Å². The van der Waals surface area contributed by atoms with Crippen molar-refractivity contribution < 1.29 is 9.53 Å². The zero-order valence-corrected chi connectivity index (χ0v) is 11.9. The molecule has 0 atom stereocenters. The summed E-state index contributed by atoms with van der Waals surface area (Å²) >= 11 is 0. The molecule has 106 valence electrons. The van der Waals surface area contributed by atoms with Crippen molar-refractivity contribution in [1.82, 2.24) is 10.3 Å². The van der Waals surface area contributed by atoms with E-state index in [-0.39, 0.29) is 12.0 Å². The minimum atomic E-state index is -0.126. The van der Waals surface area contributed by atoms with Crippen LogP contribution in [-0.2, 0) is 4.74 Å². The smallest absolute Gasteiger partial charge is 0.255 e. The van der Waals surface area contributed by atoms with Crippen molar-refractivity contribution in [3.8, 4) is 0 Å². The lowest BCUT2D eigenvalue weighted by Gasteiger charge is -2.12. The molecule has 1 rings (SSSR count). The molecule has 5 nitrogen and oxygen atoms in total. The summed E-state index contributed by atoms with van der Waals surface area (Å²) in [5.74, 6) is -0.126. The molecule has 0 saturated heterocycles. The molecular weight excluding hydrogens is 242 g/mol. The van der Waals surface area contributed by atoms with Crippen LogP contribution in [0, 0.1) is 0 Å². The molecule has 0 aliphatic heterocycles. The zero-order valence-electron chi connectivity index (χ0n) is 11.9. The second kappa shape index (κ2) is 8.48. The first-order valence-electron chi connectivity index (χ1n) is 6.72. The summed E-state index contributed by atoms with van der Waals surface area (Å²) in [5.41, 5.74) is 1.39. The van der Waals surface area contributed by atoms with Gasteiger partial charge in [-0.05, 0) is 26.3 Å². The lowest BCUT2D eigenvalue weighted by molar-refractivity contribution is 0.0747. The van der Waals surface area contributed by atoms with Crippen molar-refractivity contribution in [2.24, 2.45) is 0 Å². The molecule has 0 saturated carbocycles. The molecule has 0 aliphatic carbocycles. The molecule has 0 unspecified atom stereocenters. The highest BCUT2D eigenvalue weighted by molar-refractivity contribution is 5.99. The van der Waals surface area contributed by atoms with Crippen LogP contribution in [0.25, 0.3) is 0 Å². The van der Waals surface area contributed by atoms with Crippen LogP contribution in [0.1, 0.15) is 37.6 Å². The van der Waals surface area contributed by atoms with Crippen LogP contribution in [0.15, 0.2) is 18.5 Å². The van der Waals surface area contributed by atoms with E-state index in [2.05, 4.69) is 22.5 Å². The molecule has 1 aromatic rings. The summed E-state index contributed by atoms with van der Waals surface area (Å²) in [6.07, 6.45) is 4.44. The van der Waals surface area contributed by atoms with Gasteiger partial charge >= 0.3 is 0 Å². The molecule has 1 aromatic heterocycles. The third-order valence-electron chi connectivity index (χ3n) is 2.47. The molecule has 19 heavy (non-hydrogen) atoms. The SMILES string of the molecule is CCCNc1ccncc1C(=O)NCCOC(C)C. The lowest BCUT2D eigenvalue weighted by atomic mass is 10.2. The van der Waals surface area contributed by atoms with Crippen molar-refractivity contribution in [3.63, 3.8) is 0 Å². The molecule has 1 amide bonds. The van der Waals surface area contributed by atoms with E-state index in [1.165, 1.54) is 0 Å². The average Bonchev–Trinajstić information content (AvgIpc) is 2.41. The monoisotopic (exact) mass is 265 g/mol. The van der Waals surface area contributed by atoms with E-state index < -0.39 is 0 Å². The number of nitrogens with one attached hydrogen (secondary N) is 2. The number of hydrogen-bond acceptors (Lipinski definition) is 4. The Morgan fingerprint density at radius 1 is 1.42 bits per heavy atom. The van der Waals surface area contributed by atoms with E-state index in [1.54, 1.807) is 12.4 Å². The molecule has 0 radical (unpaired) electrons. The maximum Gasteiger partial charge on any atom is 0.255 e. The van der Waals surface area contributed by atoms with E-state index in [0.717, 1.165) is 18.7 Å². The number of carbonyl (C=O) groups is 1. The molecule has 0 bridgehead atoms. The van der Waals surface area contributed by atoms with Crippen molar-refractivity contribution in [2.45, 2.75) is 33.3 Å². The Morgan fingerprint density at radius 3 is 2.89 bits per heavy atom. The number of amides is 1. The number of rotatable bonds is 8. The van der Waals surface area contributed by atoms with Gasteiger partial charge in [-0.15, -0.1) is 0 Å². The van der Waals surface area contributed by atoms with Crippen LogP contribution < -0.4 is 10.6 Å². The van der Waals surface area contributed by atoms with E-state index in [0.29, 0.717) is 18.7 Å². The van der Waals surface area contributed by atoms with Crippen LogP contribution in [-0.4, -0.2) is 36.7 Å². The average molecular weight is 265 g/mol. The van der Waals surface area contributed by atoms with Gasteiger partial charge in [0.2, 0.25) is 0 Å². The van der Waals surface area contributed by atoms with Crippen molar-refractivity contribution in [3.05, 3.63) is 24.0 Å². The summed E-state index contributed by atoms with van der Waals surface area (Å²) in [7, 11) is 0. The Kier molecular flexibility index (Phi) is 6.89. The maximum atomic E-state index is 12.0. The fraction of sp³-hybridized carbons (Fsp3) is 0.571. The Balaban J connectivity index is 2.51. The molecule has 0 aliphatic rings. The normalized spacial score (nSPS) is 10.5. The molecule has 1 heterocycles. The number of carbonyl (C=O) groups excluding carboxylic acids is 1. The van der Waals surface area contributed by atoms with Crippen LogP contribution >= 0.6 is 0 Å². The van der Waals surface area contributed by atoms with Gasteiger partial charge in [-0.1, -0.05) is 6.92 Å². The van der Waals surface area contributed by atoms with E-state index in [9.17, 15) is 4.79 Å². The third-order valence-corrected chi connectivity index (χ3v) is 2.47. The third kappa shape index (κ3) is 5.70. The van der Waals surface area contributed by atoms with Gasteiger partial charge in [0.1, 0.15) is 0 Å². The quantitative estimate of drug-likeness (QED) is 0.706. The summed E-state index contributed by atoms with van der Waals surface area (Å²) in [5, 5.41) is 6.05. The minimum absolute atomic E-state index is 0.126. The molecule has 0 spiro atoms. The molecule has 0 fully saturated rings. The van der Waals surface area contributed by atoms with Gasteiger partial charge in [0, 0.05) is 25.5 Å². The standard InChI is InChI=1S/C14H23N3O2/c1-4-6-16-13-5-7-15-10-12(13)14(18)17-8-9-19-11(2)3/h5,7,10-11H,4,6,8-9H2,1-3H3,(H,15,16)(H,17,18). The van der Waals surface area contributed by atoms with Crippen molar-refractivity contribution >= 4 is 11.6 Å². The van der Waals surface area contributed by atoms with Crippen molar-refractivity contribution in [2.75, 3.05) is 25.0 Å². The first kappa shape index (κ1) is 15.4. The number of anilines is 1. The highest BCUT2D eigenvalue weighted by Gasteiger charge is 2.10. The van der Waals surface area contributed by atoms with E-state index in [1.807, 2.05) is 19.9 Å². The van der Waals surface area contributed by atoms with Gasteiger partial charge in [-0.2, -0.15) is 0 Å². The van der Waals surface area contributed by atoms with Crippen molar-refractivity contribution in [1.29, 1.82) is 0 Å². The van der Waals surface area contributed by atoms with Crippen LogP contribution in [0.2, 0.25) is 0 Å². The number of pyridine rings is 1. The van der Waals surface area contributed by atoms with Gasteiger partial charge in [0.25, 0.3) is 5.91 Å². The fourth-order valence-corrected chi connectivity index (χ4v) is 1.54. The summed E-state index contributed by atoms with van der Waals surface area (Å²) < 4.78 is 5.38. The first-order valence-corrected chi connectivity index (χ1v) is 6.72.